The highest BCUT2D eigenvalue weighted by atomic mass is 32.1. The van der Waals surface area contributed by atoms with Crippen molar-refractivity contribution in [3.63, 3.8) is 0 Å². The number of carbonyl (C=O) groups excluding carboxylic acids is 1. The molecule has 3 unspecified atom stereocenters. The van der Waals surface area contributed by atoms with Gasteiger partial charge in [-0.25, -0.2) is 0 Å². The van der Waals surface area contributed by atoms with Gasteiger partial charge in [-0.3, -0.25) is 4.79 Å². The number of carbonyl (C=O) groups is 1. The summed E-state index contributed by atoms with van der Waals surface area (Å²) in [6.07, 6.45) is 16.6. The SMILES string of the molecule is CC1CC(C)C(C(=O)OCCCCCCCCCCCCn2ccc(=S)[nH]c2=S)C1. The topological polar surface area (TPSA) is 47.0 Å². The van der Waals surface area contributed by atoms with Crippen molar-refractivity contribution in [3.05, 3.63) is 21.7 Å². The molecule has 1 N–H and O–H groups in total. The summed E-state index contributed by atoms with van der Waals surface area (Å²) in [6.45, 7) is 5.99. The zero-order valence-corrected chi connectivity index (χ0v) is 20.5. The molecule has 170 valence electrons. The van der Waals surface area contributed by atoms with Gasteiger partial charge in [-0.15, -0.1) is 0 Å². The number of unbranched alkanes of at least 4 members (excludes halogenated alkanes) is 9. The zero-order chi connectivity index (χ0) is 21.8. The van der Waals surface area contributed by atoms with Crippen LogP contribution in [0.3, 0.4) is 0 Å². The molecule has 3 atom stereocenters. The third-order valence-electron chi connectivity index (χ3n) is 6.35. The highest BCUT2D eigenvalue weighted by Crippen LogP contribution is 2.36. The second kappa shape index (κ2) is 14.1. The van der Waals surface area contributed by atoms with Gasteiger partial charge >= 0.3 is 5.97 Å². The highest BCUT2D eigenvalue weighted by Gasteiger charge is 2.34. The quantitative estimate of drug-likeness (QED) is 0.181. The summed E-state index contributed by atoms with van der Waals surface area (Å²) in [4.78, 5) is 15.2. The Labute approximate surface area is 192 Å². The van der Waals surface area contributed by atoms with Crippen molar-refractivity contribution in [3.8, 4) is 0 Å². The summed E-state index contributed by atoms with van der Waals surface area (Å²) in [5, 5.41) is 0. The number of nitrogens with zero attached hydrogens (tertiary/aromatic N) is 1. The van der Waals surface area contributed by atoms with Gasteiger partial charge in [0.2, 0.25) is 0 Å². The van der Waals surface area contributed by atoms with E-state index in [0.717, 1.165) is 37.0 Å². The second-order valence-corrected chi connectivity index (χ2v) is 9.99. The van der Waals surface area contributed by atoms with E-state index in [1.165, 1.54) is 51.4 Å². The monoisotopic (exact) mass is 452 g/mol. The lowest BCUT2D eigenvalue weighted by Crippen LogP contribution is -2.20. The first-order chi connectivity index (χ1) is 14.5. The molecule has 30 heavy (non-hydrogen) atoms. The van der Waals surface area contributed by atoms with Crippen LogP contribution in [0.1, 0.15) is 90.9 Å². The standard InChI is InChI=1S/C24H40N2O2S2/c1-19-17-20(2)21(18-19)23(27)28-16-12-10-8-6-4-3-5-7-9-11-14-26-15-13-22(29)25-24(26)30/h13,15,19-21H,3-12,14,16-18H2,1-2H3,(H,25,29,30). The van der Waals surface area contributed by atoms with Crippen LogP contribution in [-0.2, 0) is 16.1 Å². The van der Waals surface area contributed by atoms with Crippen LogP contribution in [0, 0.1) is 27.2 Å². The maximum atomic E-state index is 12.2. The zero-order valence-electron chi connectivity index (χ0n) is 18.9. The Hall–Kier alpha value is -1.01. The van der Waals surface area contributed by atoms with Gasteiger partial charge in [0.25, 0.3) is 0 Å². The molecular formula is C24H40N2O2S2. The smallest absolute Gasteiger partial charge is 0.309 e. The number of aromatic amines is 1. The molecule has 1 aromatic rings. The first-order valence-electron chi connectivity index (χ1n) is 11.9. The fourth-order valence-electron chi connectivity index (χ4n) is 4.59. The Morgan fingerprint density at radius 1 is 1.00 bits per heavy atom. The molecule has 0 spiro atoms. The average Bonchev–Trinajstić information content (AvgIpc) is 3.05. The van der Waals surface area contributed by atoms with Gasteiger partial charge in [-0.05, 0) is 55.8 Å². The molecule has 4 nitrogen and oxygen atoms in total. The molecule has 1 aliphatic carbocycles. The number of hydrogen-bond donors (Lipinski definition) is 1. The first-order valence-corrected chi connectivity index (χ1v) is 12.8. The second-order valence-electron chi connectivity index (χ2n) is 9.17. The van der Waals surface area contributed by atoms with Crippen LogP contribution in [0.4, 0.5) is 0 Å². The van der Waals surface area contributed by atoms with Crippen LogP contribution in [-0.4, -0.2) is 22.1 Å². The van der Waals surface area contributed by atoms with E-state index in [1.54, 1.807) is 0 Å². The number of ether oxygens (including phenoxy) is 1. The van der Waals surface area contributed by atoms with Crippen molar-refractivity contribution >= 4 is 30.4 Å². The number of aromatic nitrogens is 2. The van der Waals surface area contributed by atoms with Crippen molar-refractivity contribution in [1.82, 2.24) is 9.55 Å². The van der Waals surface area contributed by atoms with Gasteiger partial charge in [0.1, 0.15) is 4.64 Å². The lowest BCUT2D eigenvalue weighted by atomic mass is 9.99. The van der Waals surface area contributed by atoms with Gasteiger partial charge in [-0.1, -0.05) is 77.4 Å². The molecule has 1 saturated carbocycles. The number of H-pyrrole nitrogens is 1. The van der Waals surface area contributed by atoms with Gasteiger partial charge < -0.3 is 14.3 Å². The van der Waals surface area contributed by atoms with Crippen LogP contribution < -0.4 is 0 Å². The van der Waals surface area contributed by atoms with E-state index < -0.39 is 0 Å². The summed E-state index contributed by atoms with van der Waals surface area (Å²) in [5.74, 6) is 1.34. The number of rotatable bonds is 14. The van der Waals surface area contributed by atoms with Crippen molar-refractivity contribution in [1.29, 1.82) is 0 Å². The molecule has 6 heteroatoms. The van der Waals surface area contributed by atoms with Crippen molar-refractivity contribution in [2.45, 2.75) is 97.4 Å². The van der Waals surface area contributed by atoms with Gasteiger partial charge in [0, 0.05) is 12.7 Å². The molecule has 0 aromatic carbocycles. The molecular weight excluding hydrogens is 412 g/mol. The molecule has 0 bridgehead atoms. The Morgan fingerprint density at radius 2 is 1.60 bits per heavy atom. The minimum Gasteiger partial charge on any atom is -0.465 e. The average molecular weight is 453 g/mol. The van der Waals surface area contributed by atoms with Crippen molar-refractivity contribution in [2.75, 3.05) is 6.61 Å². The molecule has 0 radical (unpaired) electrons. The van der Waals surface area contributed by atoms with Gasteiger partial charge in [-0.2, -0.15) is 0 Å². The first kappa shape index (κ1) is 25.3. The predicted molar refractivity (Wildman–Crippen MR) is 129 cm³/mol. The van der Waals surface area contributed by atoms with Crippen LogP contribution >= 0.6 is 24.4 Å². The summed E-state index contributed by atoms with van der Waals surface area (Å²) in [5.41, 5.74) is 0. The third-order valence-corrected chi connectivity index (χ3v) is 6.93. The summed E-state index contributed by atoms with van der Waals surface area (Å²) < 4.78 is 9.01. The van der Waals surface area contributed by atoms with E-state index in [-0.39, 0.29) is 11.9 Å². The van der Waals surface area contributed by atoms with E-state index in [9.17, 15) is 4.79 Å². The molecule has 2 rings (SSSR count). The molecule has 1 aliphatic rings. The molecule has 1 aromatic heterocycles. The van der Waals surface area contributed by atoms with Crippen LogP contribution in [0.15, 0.2) is 12.3 Å². The predicted octanol–water partition coefficient (Wildman–Crippen LogP) is 7.40. The lowest BCUT2D eigenvalue weighted by Gasteiger charge is -2.14. The summed E-state index contributed by atoms with van der Waals surface area (Å²) >= 11 is 10.4. The minimum atomic E-state index is 0.0460. The van der Waals surface area contributed by atoms with Crippen molar-refractivity contribution in [2.24, 2.45) is 17.8 Å². The number of hydrogen-bond acceptors (Lipinski definition) is 4. The largest absolute Gasteiger partial charge is 0.465 e. The Balaban J connectivity index is 1.36. The molecule has 0 saturated heterocycles. The molecule has 1 fully saturated rings. The Bertz CT molecular complexity index is 743. The highest BCUT2D eigenvalue weighted by molar-refractivity contribution is 7.72. The number of aryl methyl sites for hydroxylation is 1. The number of esters is 1. The van der Waals surface area contributed by atoms with Crippen LogP contribution in [0.2, 0.25) is 0 Å². The summed E-state index contributed by atoms with van der Waals surface area (Å²) in [6, 6.07) is 1.89. The molecule has 0 aliphatic heterocycles. The van der Waals surface area contributed by atoms with E-state index in [4.69, 9.17) is 29.2 Å². The Kier molecular flexibility index (Phi) is 11.9. The van der Waals surface area contributed by atoms with E-state index in [0.29, 0.717) is 23.1 Å². The molecule has 0 amide bonds. The Morgan fingerprint density at radius 3 is 2.17 bits per heavy atom. The van der Waals surface area contributed by atoms with Gasteiger partial charge in [0.15, 0.2) is 4.77 Å². The lowest BCUT2D eigenvalue weighted by molar-refractivity contribution is -0.149. The van der Waals surface area contributed by atoms with Gasteiger partial charge in [0.05, 0.1) is 12.5 Å². The fraction of sp³-hybridized carbons (Fsp3) is 0.792. The van der Waals surface area contributed by atoms with Crippen LogP contribution in [0.5, 0.6) is 0 Å². The fourth-order valence-corrected chi connectivity index (χ4v) is 5.07. The van der Waals surface area contributed by atoms with E-state index in [2.05, 4.69) is 23.4 Å². The van der Waals surface area contributed by atoms with Crippen LogP contribution in [0.25, 0.3) is 0 Å². The summed E-state index contributed by atoms with van der Waals surface area (Å²) in [7, 11) is 0. The van der Waals surface area contributed by atoms with E-state index >= 15 is 0 Å². The third kappa shape index (κ3) is 9.42. The maximum Gasteiger partial charge on any atom is 0.309 e. The van der Waals surface area contributed by atoms with E-state index in [1.807, 2.05) is 12.3 Å². The number of nitrogens with one attached hydrogen (secondary N) is 1. The normalized spacial score (nSPS) is 21.1. The van der Waals surface area contributed by atoms with Crippen molar-refractivity contribution < 1.29 is 9.53 Å². The molecule has 1 heterocycles. The maximum absolute atomic E-state index is 12.2. The minimum absolute atomic E-state index is 0.0460.